The number of rotatable bonds is 5. The zero-order valence-electron chi connectivity index (χ0n) is 16.0. The van der Waals surface area contributed by atoms with E-state index in [1.54, 1.807) is 0 Å². The van der Waals surface area contributed by atoms with Gasteiger partial charge >= 0.3 is 0 Å². The predicted molar refractivity (Wildman–Crippen MR) is 103 cm³/mol. The number of amides is 1. The molecule has 2 aromatic rings. The van der Waals surface area contributed by atoms with Crippen LogP contribution in [0.15, 0.2) is 36.4 Å². The van der Waals surface area contributed by atoms with E-state index < -0.39 is 0 Å². The number of ether oxygens (including phenoxy) is 3. The maximum atomic E-state index is 12.6. The van der Waals surface area contributed by atoms with Gasteiger partial charge in [0.05, 0.1) is 18.7 Å². The standard InChI is InChI=1S/C21H25N3O4/c1-15-6-7-20(23-22-15)27-13-16-8-10-24(11-9-16)21(25)12-17-14-26-18-4-2-3-5-19(18)28-17/h2-7,16-17H,8-14H2,1H3. The molecule has 0 spiro atoms. The van der Waals surface area contributed by atoms with Crippen molar-refractivity contribution in [2.24, 2.45) is 5.92 Å². The maximum Gasteiger partial charge on any atom is 0.233 e. The summed E-state index contributed by atoms with van der Waals surface area (Å²) in [6.07, 6.45) is 1.96. The fraction of sp³-hybridized carbons (Fsp3) is 0.476. The molecular weight excluding hydrogens is 358 g/mol. The molecule has 7 nitrogen and oxygen atoms in total. The number of hydrogen-bond donors (Lipinski definition) is 0. The second-order valence-electron chi connectivity index (χ2n) is 7.35. The number of carbonyl (C=O) groups is 1. The van der Waals surface area contributed by atoms with E-state index in [1.807, 2.05) is 48.2 Å². The molecule has 1 aromatic heterocycles. The third kappa shape index (κ3) is 4.52. The summed E-state index contributed by atoms with van der Waals surface area (Å²) in [5, 5.41) is 8.02. The van der Waals surface area contributed by atoms with Gasteiger partial charge in [0.2, 0.25) is 11.8 Å². The summed E-state index contributed by atoms with van der Waals surface area (Å²) in [7, 11) is 0. The Morgan fingerprint density at radius 3 is 2.68 bits per heavy atom. The van der Waals surface area contributed by atoms with Crippen LogP contribution < -0.4 is 14.2 Å². The van der Waals surface area contributed by atoms with Crippen LogP contribution in [-0.4, -0.2) is 53.4 Å². The molecule has 0 saturated carbocycles. The van der Waals surface area contributed by atoms with Crippen molar-refractivity contribution >= 4 is 5.91 Å². The number of aromatic nitrogens is 2. The van der Waals surface area contributed by atoms with Crippen molar-refractivity contribution in [3.05, 3.63) is 42.1 Å². The molecule has 7 heteroatoms. The number of hydrogen-bond acceptors (Lipinski definition) is 6. The van der Waals surface area contributed by atoms with E-state index in [-0.39, 0.29) is 12.0 Å². The number of para-hydroxylation sites is 2. The first-order valence-electron chi connectivity index (χ1n) is 9.77. The molecule has 0 radical (unpaired) electrons. The molecule has 4 rings (SSSR count). The summed E-state index contributed by atoms with van der Waals surface area (Å²) in [5.41, 5.74) is 0.870. The average Bonchev–Trinajstić information content (AvgIpc) is 2.73. The molecule has 0 bridgehead atoms. The summed E-state index contributed by atoms with van der Waals surface area (Å²) in [5.74, 6) is 2.55. The third-order valence-electron chi connectivity index (χ3n) is 5.18. The Hall–Kier alpha value is -2.83. The van der Waals surface area contributed by atoms with Crippen molar-refractivity contribution in [1.82, 2.24) is 15.1 Å². The number of fused-ring (bicyclic) bond motifs is 1. The van der Waals surface area contributed by atoms with Gasteiger partial charge in [0.1, 0.15) is 12.7 Å². The molecule has 28 heavy (non-hydrogen) atoms. The van der Waals surface area contributed by atoms with E-state index in [0.717, 1.165) is 37.4 Å². The summed E-state index contributed by atoms with van der Waals surface area (Å²) in [4.78, 5) is 14.6. The van der Waals surface area contributed by atoms with Crippen molar-refractivity contribution in [1.29, 1.82) is 0 Å². The van der Waals surface area contributed by atoms with Gasteiger partial charge in [-0.3, -0.25) is 4.79 Å². The van der Waals surface area contributed by atoms with Gasteiger partial charge in [-0.05, 0) is 43.9 Å². The minimum Gasteiger partial charge on any atom is -0.486 e. The van der Waals surface area contributed by atoms with E-state index >= 15 is 0 Å². The lowest BCUT2D eigenvalue weighted by molar-refractivity contribution is -0.135. The summed E-state index contributed by atoms with van der Waals surface area (Å²) in [6.45, 7) is 4.40. The smallest absolute Gasteiger partial charge is 0.233 e. The van der Waals surface area contributed by atoms with Gasteiger partial charge in [0, 0.05) is 19.2 Å². The number of carbonyl (C=O) groups excluding carboxylic acids is 1. The predicted octanol–water partition coefficient (Wildman–Crippen LogP) is 2.63. The highest BCUT2D eigenvalue weighted by atomic mass is 16.6. The Labute approximate surface area is 164 Å². The number of nitrogens with zero attached hydrogens (tertiary/aromatic N) is 3. The normalized spacial score (nSPS) is 19.3. The van der Waals surface area contributed by atoms with Gasteiger partial charge < -0.3 is 19.1 Å². The van der Waals surface area contributed by atoms with Crippen LogP contribution in [-0.2, 0) is 4.79 Å². The van der Waals surface area contributed by atoms with Crippen molar-refractivity contribution in [2.75, 3.05) is 26.3 Å². The van der Waals surface area contributed by atoms with Crippen LogP contribution in [0, 0.1) is 12.8 Å². The van der Waals surface area contributed by atoms with Crippen LogP contribution in [0.2, 0.25) is 0 Å². The summed E-state index contributed by atoms with van der Waals surface area (Å²) < 4.78 is 17.3. The van der Waals surface area contributed by atoms with E-state index in [4.69, 9.17) is 14.2 Å². The Morgan fingerprint density at radius 2 is 1.93 bits per heavy atom. The number of piperidine rings is 1. The topological polar surface area (TPSA) is 73.8 Å². The van der Waals surface area contributed by atoms with Crippen LogP contribution >= 0.6 is 0 Å². The Bertz CT molecular complexity index is 804. The first-order chi connectivity index (χ1) is 13.7. The highest BCUT2D eigenvalue weighted by Gasteiger charge is 2.28. The highest BCUT2D eigenvalue weighted by molar-refractivity contribution is 5.77. The van der Waals surface area contributed by atoms with Gasteiger partial charge in [-0.25, -0.2) is 0 Å². The molecule has 2 aliphatic rings. The van der Waals surface area contributed by atoms with Gasteiger partial charge in [-0.15, -0.1) is 5.10 Å². The van der Waals surface area contributed by atoms with E-state index in [2.05, 4.69) is 10.2 Å². The van der Waals surface area contributed by atoms with Crippen molar-refractivity contribution in [3.63, 3.8) is 0 Å². The van der Waals surface area contributed by atoms with Crippen LogP contribution in [0.5, 0.6) is 17.4 Å². The van der Waals surface area contributed by atoms with Gasteiger partial charge in [-0.2, -0.15) is 5.10 Å². The van der Waals surface area contributed by atoms with E-state index in [9.17, 15) is 4.79 Å². The number of aryl methyl sites for hydroxylation is 1. The minimum atomic E-state index is -0.233. The molecule has 3 heterocycles. The molecule has 148 valence electrons. The fourth-order valence-corrected chi connectivity index (χ4v) is 3.50. The number of benzene rings is 1. The lowest BCUT2D eigenvalue weighted by Gasteiger charge is -2.33. The third-order valence-corrected chi connectivity index (χ3v) is 5.18. The van der Waals surface area contributed by atoms with Crippen molar-refractivity contribution in [2.45, 2.75) is 32.3 Å². The molecule has 0 aliphatic carbocycles. The van der Waals surface area contributed by atoms with Crippen molar-refractivity contribution in [3.8, 4) is 17.4 Å². The molecular formula is C21H25N3O4. The molecule has 1 fully saturated rings. The zero-order chi connectivity index (χ0) is 19.3. The minimum absolute atomic E-state index is 0.122. The molecule has 1 aromatic carbocycles. The lowest BCUT2D eigenvalue weighted by Crippen LogP contribution is -2.43. The van der Waals surface area contributed by atoms with Crippen LogP contribution in [0.25, 0.3) is 0 Å². The van der Waals surface area contributed by atoms with Crippen molar-refractivity contribution < 1.29 is 19.0 Å². The molecule has 2 aliphatic heterocycles. The van der Waals surface area contributed by atoms with Gasteiger partial charge in [-0.1, -0.05) is 12.1 Å². The first kappa shape index (κ1) is 18.5. The summed E-state index contributed by atoms with van der Waals surface area (Å²) >= 11 is 0. The molecule has 0 N–H and O–H groups in total. The van der Waals surface area contributed by atoms with Crippen LogP contribution in [0.3, 0.4) is 0 Å². The number of likely N-dealkylation sites (tertiary alicyclic amines) is 1. The zero-order valence-corrected chi connectivity index (χ0v) is 16.0. The molecule has 1 unspecified atom stereocenters. The Kier molecular flexibility index (Phi) is 5.60. The average molecular weight is 383 g/mol. The Balaban J connectivity index is 1.20. The van der Waals surface area contributed by atoms with Crippen LogP contribution in [0.4, 0.5) is 0 Å². The van der Waals surface area contributed by atoms with E-state index in [1.165, 1.54) is 0 Å². The van der Waals surface area contributed by atoms with Gasteiger partial charge in [0.25, 0.3) is 0 Å². The lowest BCUT2D eigenvalue weighted by atomic mass is 9.97. The largest absolute Gasteiger partial charge is 0.486 e. The molecule has 1 amide bonds. The fourth-order valence-electron chi connectivity index (χ4n) is 3.50. The Morgan fingerprint density at radius 1 is 1.14 bits per heavy atom. The van der Waals surface area contributed by atoms with Gasteiger partial charge in [0.15, 0.2) is 11.5 Å². The maximum absolute atomic E-state index is 12.6. The quantitative estimate of drug-likeness (QED) is 0.790. The summed E-state index contributed by atoms with van der Waals surface area (Å²) in [6, 6.07) is 11.3. The highest BCUT2D eigenvalue weighted by Crippen LogP contribution is 2.32. The van der Waals surface area contributed by atoms with Crippen LogP contribution in [0.1, 0.15) is 25.0 Å². The monoisotopic (exact) mass is 383 g/mol. The SMILES string of the molecule is Cc1ccc(OCC2CCN(C(=O)CC3COc4ccccc4O3)CC2)nn1. The van der Waals surface area contributed by atoms with E-state index in [0.29, 0.717) is 37.2 Å². The molecule has 1 saturated heterocycles. The second kappa shape index (κ2) is 8.46. The first-order valence-corrected chi connectivity index (χ1v) is 9.77. The second-order valence-corrected chi connectivity index (χ2v) is 7.35. The molecule has 1 atom stereocenters.